The molecule has 0 heterocycles. The van der Waals surface area contributed by atoms with Crippen molar-refractivity contribution >= 4 is 0 Å². The molecular formula is C10H16O. The summed E-state index contributed by atoms with van der Waals surface area (Å²) in [5.74, 6) is 1.54. The summed E-state index contributed by atoms with van der Waals surface area (Å²) in [6, 6.07) is 0. The van der Waals surface area contributed by atoms with Gasteiger partial charge in [0.15, 0.2) is 0 Å². The van der Waals surface area contributed by atoms with E-state index in [0.717, 1.165) is 12.8 Å². The Hall–Kier alpha value is -0.720. The van der Waals surface area contributed by atoms with Crippen LogP contribution in [-0.2, 0) is 0 Å². The molecule has 0 saturated heterocycles. The monoisotopic (exact) mass is 152 g/mol. The molecule has 0 radical (unpaired) electrons. The summed E-state index contributed by atoms with van der Waals surface area (Å²) < 4.78 is 0. The number of aliphatic hydroxyl groups excluding tert-OH is 1. The predicted molar refractivity (Wildman–Crippen MR) is 47.4 cm³/mol. The van der Waals surface area contributed by atoms with Gasteiger partial charge >= 0.3 is 0 Å². The fourth-order valence-electron chi connectivity index (χ4n) is 1.63. The summed E-state index contributed by atoms with van der Waals surface area (Å²) >= 11 is 0. The maximum Gasteiger partial charge on any atom is 0.0854 e. The third-order valence-corrected chi connectivity index (χ3v) is 2.39. The van der Waals surface area contributed by atoms with E-state index < -0.39 is 0 Å². The highest BCUT2D eigenvalue weighted by molar-refractivity contribution is 4.98. The minimum absolute atomic E-state index is 0.331. The molecule has 0 fully saturated rings. The molecule has 1 rings (SSSR count). The highest BCUT2D eigenvalue weighted by Gasteiger charge is 2.17. The second-order valence-corrected chi connectivity index (χ2v) is 3.40. The van der Waals surface area contributed by atoms with Crippen LogP contribution in [0.2, 0.25) is 0 Å². The topological polar surface area (TPSA) is 20.2 Å². The lowest BCUT2D eigenvalue weighted by atomic mass is 9.83. The van der Waals surface area contributed by atoms with Gasteiger partial charge in [0.25, 0.3) is 0 Å². The number of hydrogen-bond acceptors (Lipinski definition) is 1. The van der Waals surface area contributed by atoms with Gasteiger partial charge in [-0.1, -0.05) is 25.7 Å². The zero-order valence-corrected chi connectivity index (χ0v) is 7.09. The van der Waals surface area contributed by atoms with Crippen molar-refractivity contribution in [1.82, 2.24) is 0 Å². The Morgan fingerprint density at radius 3 is 3.00 bits per heavy atom. The summed E-state index contributed by atoms with van der Waals surface area (Å²) in [6.45, 7) is 5.71. The van der Waals surface area contributed by atoms with Gasteiger partial charge in [-0.2, -0.15) is 0 Å². The van der Waals surface area contributed by atoms with Crippen LogP contribution >= 0.6 is 0 Å². The lowest BCUT2D eigenvalue weighted by Crippen LogP contribution is -2.13. The summed E-state index contributed by atoms with van der Waals surface area (Å²) in [5, 5.41) is 9.00. The fourth-order valence-corrected chi connectivity index (χ4v) is 1.63. The van der Waals surface area contributed by atoms with Crippen molar-refractivity contribution in [3.63, 3.8) is 0 Å². The van der Waals surface area contributed by atoms with E-state index in [9.17, 15) is 0 Å². The molecule has 0 spiro atoms. The second kappa shape index (κ2) is 3.61. The Bertz CT molecular complexity index is 170. The molecule has 0 aliphatic heterocycles. The number of aliphatic hydroxyl groups is 1. The van der Waals surface area contributed by atoms with E-state index in [2.05, 4.69) is 25.7 Å². The van der Waals surface area contributed by atoms with Crippen molar-refractivity contribution in [3.8, 4) is 0 Å². The van der Waals surface area contributed by atoms with Crippen molar-refractivity contribution < 1.29 is 5.11 Å². The smallest absolute Gasteiger partial charge is 0.0854 e. The first-order valence-electron chi connectivity index (χ1n) is 4.23. The molecule has 1 N–H and O–H groups in total. The SMILES string of the molecule is C=C(O)C[C@@H]1CCC=C[C@H]1C. The first kappa shape index (κ1) is 8.38. The maximum absolute atomic E-state index is 9.00. The summed E-state index contributed by atoms with van der Waals surface area (Å²) in [5.41, 5.74) is 0. The van der Waals surface area contributed by atoms with Crippen LogP contribution in [-0.4, -0.2) is 5.11 Å². The first-order valence-corrected chi connectivity index (χ1v) is 4.23. The van der Waals surface area contributed by atoms with Crippen LogP contribution in [0.4, 0.5) is 0 Å². The van der Waals surface area contributed by atoms with Crippen molar-refractivity contribution in [3.05, 3.63) is 24.5 Å². The van der Waals surface area contributed by atoms with Gasteiger partial charge in [-0.3, -0.25) is 0 Å². The van der Waals surface area contributed by atoms with Crippen molar-refractivity contribution in [1.29, 1.82) is 0 Å². The van der Waals surface area contributed by atoms with E-state index >= 15 is 0 Å². The number of allylic oxidation sites excluding steroid dienone is 3. The van der Waals surface area contributed by atoms with Gasteiger partial charge in [-0.05, 0) is 24.7 Å². The molecular weight excluding hydrogens is 136 g/mol. The second-order valence-electron chi connectivity index (χ2n) is 3.40. The van der Waals surface area contributed by atoms with Gasteiger partial charge in [0.1, 0.15) is 0 Å². The molecule has 62 valence electrons. The Labute approximate surface area is 68.4 Å². The van der Waals surface area contributed by atoms with E-state index in [1.165, 1.54) is 6.42 Å². The molecule has 2 atom stereocenters. The number of rotatable bonds is 2. The van der Waals surface area contributed by atoms with Crippen LogP contribution in [0.1, 0.15) is 26.2 Å². The quantitative estimate of drug-likeness (QED) is 0.476. The van der Waals surface area contributed by atoms with Crippen LogP contribution in [0.5, 0.6) is 0 Å². The van der Waals surface area contributed by atoms with Gasteiger partial charge in [0, 0.05) is 6.42 Å². The van der Waals surface area contributed by atoms with Crippen LogP contribution < -0.4 is 0 Å². The van der Waals surface area contributed by atoms with Crippen molar-refractivity contribution in [2.24, 2.45) is 11.8 Å². The van der Waals surface area contributed by atoms with E-state index in [1.807, 2.05) is 0 Å². The third kappa shape index (κ3) is 2.41. The molecule has 0 amide bonds. The van der Waals surface area contributed by atoms with Gasteiger partial charge in [0.2, 0.25) is 0 Å². The van der Waals surface area contributed by atoms with Crippen LogP contribution in [0.15, 0.2) is 24.5 Å². The van der Waals surface area contributed by atoms with E-state index in [1.54, 1.807) is 0 Å². The first-order chi connectivity index (χ1) is 5.20. The zero-order chi connectivity index (χ0) is 8.27. The van der Waals surface area contributed by atoms with Crippen LogP contribution in [0.3, 0.4) is 0 Å². The molecule has 11 heavy (non-hydrogen) atoms. The van der Waals surface area contributed by atoms with E-state index in [4.69, 9.17) is 5.11 Å². The zero-order valence-electron chi connectivity index (χ0n) is 7.09. The van der Waals surface area contributed by atoms with Crippen molar-refractivity contribution in [2.75, 3.05) is 0 Å². The minimum Gasteiger partial charge on any atom is -0.513 e. The molecule has 0 aromatic rings. The van der Waals surface area contributed by atoms with Crippen LogP contribution in [0.25, 0.3) is 0 Å². The molecule has 1 aliphatic carbocycles. The molecule has 0 saturated carbocycles. The lowest BCUT2D eigenvalue weighted by molar-refractivity contribution is 0.303. The lowest BCUT2D eigenvalue weighted by Gasteiger charge is -2.23. The Kier molecular flexibility index (Phi) is 2.75. The molecule has 0 aromatic heterocycles. The summed E-state index contributed by atoms with van der Waals surface area (Å²) in [7, 11) is 0. The molecule has 1 heteroatoms. The van der Waals surface area contributed by atoms with E-state index in [0.29, 0.717) is 17.6 Å². The maximum atomic E-state index is 9.00. The number of hydrogen-bond donors (Lipinski definition) is 1. The minimum atomic E-state index is 0.331. The third-order valence-electron chi connectivity index (χ3n) is 2.39. The molecule has 1 nitrogen and oxygen atoms in total. The Morgan fingerprint density at radius 2 is 2.45 bits per heavy atom. The Balaban J connectivity index is 2.45. The van der Waals surface area contributed by atoms with Gasteiger partial charge in [-0.15, -0.1) is 0 Å². The standard InChI is InChI=1S/C10H16O/c1-8-5-3-4-6-10(8)7-9(2)11/h3,5,8,10-11H,2,4,6-7H2,1H3/t8-,10+/m1/s1. The molecule has 1 aliphatic rings. The average molecular weight is 152 g/mol. The highest BCUT2D eigenvalue weighted by Crippen LogP contribution is 2.28. The summed E-state index contributed by atoms with van der Waals surface area (Å²) in [4.78, 5) is 0. The van der Waals surface area contributed by atoms with Crippen LogP contribution in [0, 0.1) is 11.8 Å². The fraction of sp³-hybridized carbons (Fsp3) is 0.600. The molecule has 0 unspecified atom stereocenters. The highest BCUT2D eigenvalue weighted by atomic mass is 16.3. The van der Waals surface area contributed by atoms with Gasteiger partial charge in [-0.25, -0.2) is 0 Å². The van der Waals surface area contributed by atoms with Gasteiger partial charge in [0.05, 0.1) is 5.76 Å². The van der Waals surface area contributed by atoms with E-state index in [-0.39, 0.29) is 0 Å². The normalized spacial score (nSPS) is 30.3. The summed E-state index contributed by atoms with van der Waals surface area (Å²) in [6.07, 6.45) is 7.57. The van der Waals surface area contributed by atoms with Crippen molar-refractivity contribution in [2.45, 2.75) is 26.2 Å². The predicted octanol–water partition coefficient (Wildman–Crippen LogP) is 3.05. The van der Waals surface area contributed by atoms with Gasteiger partial charge < -0.3 is 5.11 Å². The average Bonchev–Trinajstić information content (AvgIpc) is 1.93. The molecule has 0 aromatic carbocycles. The Morgan fingerprint density at radius 1 is 1.73 bits per heavy atom. The largest absolute Gasteiger partial charge is 0.513 e. The molecule has 0 bridgehead atoms.